The summed E-state index contributed by atoms with van der Waals surface area (Å²) in [5, 5.41) is 24.7. The number of nitrogens with one attached hydrogen (secondary N) is 4. The van der Waals surface area contributed by atoms with Crippen LogP contribution in [0.15, 0.2) is 48.9 Å². The number of aromatic nitrogens is 5. The highest BCUT2D eigenvalue weighted by atomic mass is 35.5. The van der Waals surface area contributed by atoms with Crippen LogP contribution in [0, 0.1) is 0 Å². The van der Waals surface area contributed by atoms with Gasteiger partial charge in [-0.05, 0) is 49.6 Å². The molecule has 0 spiro atoms. The number of hydrogen-bond acceptors (Lipinski definition) is 9. The highest BCUT2D eigenvalue weighted by molar-refractivity contribution is 6.34. The van der Waals surface area contributed by atoms with Crippen LogP contribution >= 0.6 is 11.6 Å². The van der Waals surface area contributed by atoms with Gasteiger partial charge in [0, 0.05) is 37.6 Å². The SMILES string of the molecule is Cn1c(-c2cn(-c3ccc(N)cn3)nc2C(F)(F)F)cnc1C(=O)Nc1ccc(C(=O)NC2CC(NC(=O)[C@@H]3C[C@@H](O)CN3)C2)c(Cl)c1. The average Bonchev–Trinajstić information content (AvgIpc) is 3.74. The summed E-state index contributed by atoms with van der Waals surface area (Å²) >= 11 is 6.37. The molecule has 1 aliphatic heterocycles. The molecule has 3 amide bonds. The van der Waals surface area contributed by atoms with Crippen LogP contribution < -0.4 is 27.0 Å². The van der Waals surface area contributed by atoms with Crippen LogP contribution in [0.3, 0.4) is 0 Å². The fourth-order valence-corrected chi connectivity index (χ4v) is 5.86. The number of amides is 3. The number of aliphatic hydroxyl groups excluding tert-OH is 1. The van der Waals surface area contributed by atoms with Crippen molar-refractivity contribution in [2.45, 2.75) is 49.7 Å². The van der Waals surface area contributed by atoms with Crippen molar-refractivity contribution >= 4 is 40.7 Å². The lowest BCUT2D eigenvalue weighted by molar-refractivity contribution is -0.140. The molecule has 2 fully saturated rings. The third-order valence-electron chi connectivity index (χ3n) is 8.17. The van der Waals surface area contributed by atoms with Gasteiger partial charge in [-0.2, -0.15) is 18.3 Å². The molecule has 6 rings (SSSR count). The lowest BCUT2D eigenvalue weighted by atomic mass is 9.86. The first kappa shape index (κ1) is 32.9. The lowest BCUT2D eigenvalue weighted by Crippen LogP contribution is -2.56. The second kappa shape index (κ2) is 12.9. The Kier molecular flexibility index (Phi) is 8.84. The number of nitrogens with zero attached hydrogens (tertiary/aromatic N) is 5. The van der Waals surface area contributed by atoms with Gasteiger partial charge in [0.25, 0.3) is 11.8 Å². The molecule has 7 N–H and O–H groups in total. The molecular weight excluding hydrogens is 657 g/mol. The number of aliphatic hydroxyl groups is 1. The molecule has 1 saturated heterocycles. The molecule has 1 aromatic carbocycles. The number of imidazole rings is 1. The van der Waals surface area contributed by atoms with Gasteiger partial charge in [0.05, 0.1) is 52.1 Å². The first-order valence-electron chi connectivity index (χ1n) is 14.8. The van der Waals surface area contributed by atoms with Crippen molar-refractivity contribution in [3.05, 3.63) is 71.0 Å². The van der Waals surface area contributed by atoms with Crippen LogP contribution in [-0.2, 0) is 18.0 Å². The molecule has 4 aromatic rings. The van der Waals surface area contributed by atoms with Gasteiger partial charge in [-0.3, -0.25) is 14.4 Å². The van der Waals surface area contributed by atoms with Crippen LogP contribution in [0.1, 0.15) is 45.9 Å². The van der Waals surface area contributed by atoms with Crippen molar-refractivity contribution in [1.29, 1.82) is 0 Å². The van der Waals surface area contributed by atoms with Gasteiger partial charge in [0.15, 0.2) is 17.3 Å². The molecule has 1 saturated carbocycles. The maximum Gasteiger partial charge on any atom is 0.435 e. The smallest absolute Gasteiger partial charge is 0.397 e. The minimum absolute atomic E-state index is 0.0222. The lowest BCUT2D eigenvalue weighted by Gasteiger charge is -2.36. The Morgan fingerprint density at radius 1 is 1.04 bits per heavy atom. The maximum atomic E-state index is 14.0. The van der Waals surface area contributed by atoms with Crippen LogP contribution in [0.2, 0.25) is 5.02 Å². The van der Waals surface area contributed by atoms with Crippen molar-refractivity contribution < 1.29 is 32.7 Å². The molecule has 48 heavy (non-hydrogen) atoms. The van der Waals surface area contributed by atoms with E-state index in [1.807, 2.05) is 0 Å². The van der Waals surface area contributed by atoms with E-state index in [4.69, 9.17) is 17.3 Å². The Morgan fingerprint density at radius 2 is 1.79 bits per heavy atom. The summed E-state index contributed by atoms with van der Waals surface area (Å²) < 4.78 is 44.1. The molecule has 1 aliphatic carbocycles. The van der Waals surface area contributed by atoms with Gasteiger partial charge in [-0.25, -0.2) is 14.6 Å². The summed E-state index contributed by atoms with van der Waals surface area (Å²) in [5.74, 6) is -1.44. The standard InChI is InChI=1S/C30H30ClF3N10O4/c1-43-23(20-13-44(42-25(20)30(32,33)34)24-5-2-14(35)10-37-24)12-38-26(43)29(48)39-15-3-4-19(21(31)8-15)27(46)40-16-6-17(7-16)41-28(47)22-9-18(45)11-36-22/h2-5,8,10,12-13,16-18,22,36,45H,6-7,9,11,35H2,1H3,(H,39,48)(H,40,46)(H,41,47)/t16?,17?,18-,22+/m1/s1. The van der Waals surface area contributed by atoms with E-state index in [-0.39, 0.29) is 57.2 Å². The van der Waals surface area contributed by atoms with Gasteiger partial charge in [0.1, 0.15) is 0 Å². The van der Waals surface area contributed by atoms with E-state index in [1.165, 1.54) is 48.1 Å². The molecule has 2 aliphatic rings. The highest BCUT2D eigenvalue weighted by Gasteiger charge is 2.39. The third kappa shape index (κ3) is 6.83. The second-order valence-electron chi connectivity index (χ2n) is 11.7. The van der Waals surface area contributed by atoms with Gasteiger partial charge >= 0.3 is 6.18 Å². The number of nitrogens with two attached hydrogens (primary N) is 1. The molecule has 2 atom stereocenters. The Hall–Kier alpha value is -5.00. The second-order valence-corrected chi connectivity index (χ2v) is 12.1. The number of hydrogen-bond donors (Lipinski definition) is 6. The van der Waals surface area contributed by atoms with Gasteiger partial charge in [-0.1, -0.05) is 11.6 Å². The summed E-state index contributed by atoms with van der Waals surface area (Å²) in [4.78, 5) is 46.4. The summed E-state index contributed by atoms with van der Waals surface area (Å²) in [6.07, 6.45) is -0.369. The molecule has 0 radical (unpaired) electrons. The van der Waals surface area contributed by atoms with Gasteiger partial charge in [0.2, 0.25) is 5.91 Å². The van der Waals surface area contributed by atoms with Crippen molar-refractivity contribution in [1.82, 2.24) is 40.3 Å². The quantitative estimate of drug-likeness (QED) is 0.161. The van der Waals surface area contributed by atoms with Crippen molar-refractivity contribution in [3.63, 3.8) is 0 Å². The number of benzene rings is 1. The van der Waals surface area contributed by atoms with Crippen molar-refractivity contribution in [2.24, 2.45) is 7.05 Å². The topological polar surface area (TPSA) is 194 Å². The zero-order valence-electron chi connectivity index (χ0n) is 25.3. The van der Waals surface area contributed by atoms with E-state index < -0.39 is 35.8 Å². The molecular formula is C30H30ClF3N10O4. The number of rotatable bonds is 8. The molecule has 0 bridgehead atoms. The van der Waals surface area contributed by atoms with E-state index in [0.29, 0.717) is 31.5 Å². The third-order valence-corrected chi connectivity index (χ3v) is 8.48. The zero-order chi connectivity index (χ0) is 34.3. The Labute approximate surface area is 275 Å². The van der Waals surface area contributed by atoms with Crippen LogP contribution in [0.5, 0.6) is 0 Å². The normalized spacial score (nSPS) is 20.6. The van der Waals surface area contributed by atoms with E-state index in [2.05, 4.69) is 36.3 Å². The minimum atomic E-state index is -4.82. The number of β-amino-alcohol motifs (C(OH)–C–C–N with tert-alkyl or cyclic N) is 1. The first-order valence-corrected chi connectivity index (χ1v) is 15.2. The number of halogens is 4. The Bertz CT molecular complexity index is 1870. The number of nitrogen functional groups attached to an aromatic ring is 1. The van der Waals surface area contributed by atoms with Crippen LogP contribution in [-0.4, -0.2) is 77.9 Å². The maximum absolute atomic E-state index is 14.0. The number of carbonyl (C=O) groups is 3. The highest BCUT2D eigenvalue weighted by Crippen LogP contribution is 2.37. The van der Waals surface area contributed by atoms with E-state index in [1.54, 1.807) is 0 Å². The fourth-order valence-electron chi connectivity index (χ4n) is 5.59. The molecule has 3 aromatic heterocycles. The number of anilines is 2. The largest absolute Gasteiger partial charge is 0.435 e. The predicted molar refractivity (Wildman–Crippen MR) is 167 cm³/mol. The number of carbonyl (C=O) groups excluding carboxylic acids is 3. The summed E-state index contributed by atoms with van der Waals surface area (Å²) in [5.41, 5.74) is 4.81. The predicted octanol–water partition coefficient (Wildman–Crippen LogP) is 2.27. The first-order chi connectivity index (χ1) is 22.8. The van der Waals surface area contributed by atoms with Crippen LogP contribution in [0.4, 0.5) is 24.5 Å². The molecule has 14 nitrogen and oxygen atoms in total. The monoisotopic (exact) mass is 686 g/mol. The molecule has 0 unspecified atom stereocenters. The number of pyridine rings is 1. The van der Waals surface area contributed by atoms with Gasteiger partial charge < -0.3 is 36.7 Å². The average molecular weight is 687 g/mol. The Balaban J connectivity index is 1.09. The summed E-state index contributed by atoms with van der Waals surface area (Å²) in [6, 6.07) is 6.45. The molecule has 4 heterocycles. The van der Waals surface area contributed by atoms with Gasteiger partial charge in [-0.15, -0.1) is 0 Å². The van der Waals surface area contributed by atoms with E-state index >= 15 is 0 Å². The Morgan fingerprint density at radius 3 is 2.44 bits per heavy atom. The van der Waals surface area contributed by atoms with Crippen molar-refractivity contribution in [2.75, 3.05) is 17.6 Å². The number of alkyl halides is 3. The van der Waals surface area contributed by atoms with Crippen LogP contribution in [0.25, 0.3) is 17.1 Å². The molecule has 252 valence electrons. The van der Waals surface area contributed by atoms with Crippen molar-refractivity contribution in [3.8, 4) is 17.1 Å². The van der Waals surface area contributed by atoms with E-state index in [0.717, 1.165) is 17.1 Å². The fraction of sp³-hybridized carbons (Fsp3) is 0.333. The minimum Gasteiger partial charge on any atom is -0.397 e. The summed E-state index contributed by atoms with van der Waals surface area (Å²) in [6.45, 7) is 0.374. The molecule has 18 heteroatoms. The zero-order valence-corrected chi connectivity index (χ0v) is 26.0. The summed E-state index contributed by atoms with van der Waals surface area (Å²) in [7, 11) is 1.39. The van der Waals surface area contributed by atoms with E-state index in [9.17, 15) is 32.7 Å².